The van der Waals surface area contributed by atoms with Crippen molar-refractivity contribution in [2.75, 3.05) is 6.54 Å². The van der Waals surface area contributed by atoms with Crippen LogP contribution in [0.2, 0.25) is 0 Å². The molecule has 2 aromatic rings. The van der Waals surface area contributed by atoms with Gasteiger partial charge in [-0.05, 0) is 69.1 Å². The Hall–Kier alpha value is -2.40. The van der Waals surface area contributed by atoms with Gasteiger partial charge < -0.3 is 15.2 Å². The molecule has 0 atom stereocenters. The Morgan fingerprint density at radius 1 is 1.16 bits per heavy atom. The van der Waals surface area contributed by atoms with E-state index in [1.165, 1.54) is 12.1 Å². The molecule has 0 aliphatic rings. The van der Waals surface area contributed by atoms with Gasteiger partial charge in [0.1, 0.15) is 17.2 Å². The summed E-state index contributed by atoms with van der Waals surface area (Å²) >= 11 is 0. The Labute approximate surface area is 147 Å². The van der Waals surface area contributed by atoms with E-state index in [0.717, 1.165) is 12.0 Å². The number of rotatable bonds is 6. The highest BCUT2D eigenvalue weighted by Gasteiger charge is 2.20. The monoisotopic (exact) mass is 345 g/mol. The lowest BCUT2D eigenvalue weighted by Crippen LogP contribution is -2.26. The van der Waals surface area contributed by atoms with Crippen molar-refractivity contribution < 1.29 is 19.0 Å². The smallest absolute Gasteiger partial charge is 0.339 e. The van der Waals surface area contributed by atoms with Gasteiger partial charge in [0.15, 0.2) is 0 Å². The summed E-state index contributed by atoms with van der Waals surface area (Å²) in [6, 6.07) is 11.2. The lowest BCUT2D eigenvalue weighted by atomic mass is 10.1. The van der Waals surface area contributed by atoms with Crippen LogP contribution in [-0.4, -0.2) is 23.2 Å². The van der Waals surface area contributed by atoms with Gasteiger partial charge in [-0.25, -0.2) is 9.18 Å². The maximum absolute atomic E-state index is 13.5. The molecule has 2 N–H and O–H groups in total. The fraction of sp³-hybridized carbons (Fsp3) is 0.350. The molecule has 0 aromatic heterocycles. The van der Waals surface area contributed by atoms with Gasteiger partial charge >= 0.3 is 5.97 Å². The van der Waals surface area contributed by atoms with Crippen molar-refractivity contribution in [2.45, 2.75) is 39.3 Å². The highest BCUT2D eigenvalue weighted by Crippen LogP contribution is 2.17. The molecular formula is C20H24FNO3. The molecule has 0 bridgehead atoms. The van der Waals surface area contributed by atoms with E-state index in [9.17, 15) is 14.3 Å². The van der Waals surface area contributed by atoms with Crippen LogP contribution in [0.5, 0.6) is 5.75 Å². The van der Waals surface area contributed by atoms with E-state index < -0.39 is 17.4 Å². The second-order valence-corrected chi connectivity index (χ2v) is 6.90. The lowest BCUT2D eigenvalue weighted by Gasteiger charge is -2.20. The van der Waals surface area contributed by atoms with Crippen molar-refractivity contribution in [3.8, 4) is 5.75 Å². The van der Waals surface area contributed by atoms with Gasteiger partial charge in [0.2, 0.25) is 0 Å². The Morgan fingerprint density at radius 2 is 1.84 bits per heavy atom. The molecule has 0 spiro atoms. The Balaban J connectivity index is 1.97. The predicted molar refractivity (Wildman–Crippen MR) is 95.1 cm³/mol. The van der Waals surface area contributed by atoms with Gasteiger partial charge in [-0.1, -0.05) is 18.2 Å². The zero-order chi connectivity index (χ0) is 18.4. The number of nitrogens with one attached hydrogen (secondary N) is 1. The largest absolute Gasteiger partial charge is 0.508 e. The summed E-state index contributed by atoms with van der Waals surface area (Å²) < 4.78 is 18.9. The third-order valence-corrected chi connectivity index (χ3v) is 3.53. The number of phenolic OH excluding ortho intramolecular Hbond substituents is 1. The van der Waals surface area contributed by atoms with Crippen molar-refractivity contribution in [2.24, 2.45) is 0 Å². The Bertz CT molecular complexity index is 721. The molecule has 0 aliphatic heterocycles. The minimum Gasteiger partial charge on any atom is -0.508 e. The second kappa shape index (κ2) is 8.12. The fourth-order valence-corrected chi connectivity index (χ4v) is 2.34. The first kappa shape index (κ1) is 18.9. The van der Waals surface area contributed by atoms with E-state index in [1.54, 1.807) is 39.0 Å². The summed E-state index contributed by atoms with van der Waals surface area (Å²) in [5.74, 6) is -0.749. The molecule has 0 aliphatic carbocycles. The molecule has 134 valence electrons. The highest BCUT2D eigenvalue weighted by atomic mass is 19.1. The minimum absolute atomic E-state index is 0.241. The molecule has 5 heteroatoms. The number of carbonyl (C=O) groups is 1. The molecule has 0 amide bonds. The van der Waals surface area contributed by atoms with Crippen LogP contribution in [0, 0.1) is 5.82 Å². The van der Waals surface area contributed by atoms with Crippen molar-refractivity contribution in [3.63, 3.8) is 0 Å². The van der Waals surface area contributed by atoms with Gasteiger partial charge in [-0.2, -0.15) is 0 Å². The summed E-state index contributed by atoms with van der Waals surface area (Å²) in [5.41, 5.74) is 1.40. The lowest BCUT2D eigenvalue weighted by molar-refractivity contribution is 0.00676. The molecule has 0 saturated heterocycles. The van der Waals surface area contributed by atoms with Crippen LogP contribution < -0.4 is 5.32 Å². The topological polar surface area (TPSA) is 58.6 Å². The molecule has 0 radical (unpaired) electrons. The number of ether oxygens (including phenoxy) is 1. The molecular weight excluding hydrogens is 321 g/mol. The van der Waals surface area contributed by atoms with E-state index >= 15 is 0 Å². The summed E-state index contributed by atoms with van der Waals surface area (Å²) in [5, 5.41) is 12.5. The van der Waals surface area contributed by atoms with E-state index in [2.05, 4.69) is 5.32 Å². The number of hydrogen-bond donors (Lipinski definition) is 2. The number of benzene rings is 2. The summed E-state index contributed by atoms with van der Waals surface area (Å²) in [4.78, 5) is 12.3. The van der Waals surface area contributed by atoms with Gasteiger partial charge in [0, 0.05) is 6.54 Å². The molecule has 0 fully saturated rings. The molecule has 4 nitrogen and oxygen atoms in total. The fourth-order valence-electron chi connectivity index (χ4n) is 2.34. The third-order valence-electron chi connectivity index (χ3n) is 3.53. The van der Waals surface area contributed by atoms with Gasteiger partial charge in [0.25, 0.3) is 0 Å². The first-order valence-corrected chi connectivity index (χ1v) is 8.25. The van der Waals surface area contributed by atoms with E-state index in [-0.39, 0.29) is 11.3 Å². The molecule has 0 saturated carbocycles. The SMILES string of the molecule is CC(C)(C)OC(=O)c1cc(F)ccc1CNCCc1ccc(O)cc1. The Morgan fingerprint density at radius 3 is 2.48 bits per heavy atom. The molecule has 25 heavy (non-hydrogen) atoms. The normalized spacial score (nSPS) is 11.4. The predicted octanol–water partition coefficient (Wildman–Crippen LogP) is 3.82. The maximum Gasteiger partial charge on any atom is 0.339 e. The molecule has 0 heterocycles. The zero-order valence-corrected chi connectivity index (χ0v) is 14.8. The number of phenols is 1. The number of carbonyl (C=O) groups excluding carboxylic acids is 1. The van der Waals surface area contributed by atoms with Crippen LogP contribution in [0.25, 0.3) is 0 Å². The van der Waals surface area contributed by atoms with Crippen LogP contribution in [0.4, 0.5) is 4.39 Å². The van der Waals surface area contributed by atoms with Gasteiger partial charge in [-0.3, -0.25) is 0 Å². The van der Waals surface area contributed by atoms with E-state index in [4.69, 9.17) is 4.74 Å². The van der Waals surface area contributed by atoms with Crippen LogP contribution in [-0.2, 0) is 17.7 Å². The summed E-state index contributed by atoms with van der Waals surface area (Å²) in [6.45, 7) is 6.46. The summed E-state index contributed by atoms with van der Waals surface area (Å²) in [6.07, 6.45) is 0.781. The first-order chi connectivity index (χ1) is 11.7. The zero-order valence-electron chi connectivity index (χ0n) is 14.8. The number of esters is 1. The number of hydrogen-bond acceptors (Lipinski definition) is 4. The Kier molecular flexibility index (Phi) is 6.15. The average molecular weight is 345 g/mol. The van der Waals surface area contributed by atoms with Crippen molar-refractivity contribution >= 4 is 5.97 Å². The third kappa shape index (κ3) is 6.19. The van der Waals surface area contributed by atoms with Crippen molar-refractivity contribution in [1.29, 1.82) is 0 Å². The molecule has 2 aromatic carbocycles. The van der Waals surface area contributed by atoms with Crippen LogP contribution in [0.15, 0.2) is 42.5 Å². The minimum atomic E-state index is -0.632. The van der Waals surface area contributed by atoms with E-state index in [1.807, 2.05) is 12.1 Å². The standard InChI is InChI=1S/C20H24FNO3/c1-20(2,3)25-19(24)18-12-16(21)7-6-15(18)13-22-11-10-14-4-8-17(23)9-5-14/h4-9,12,22-23H,10-11,13H2,1-3H3. The highest BCUT2D eigenvalue weighted by molar-refractivity contribution is 5.91. The molecule has 2 rings (SSSR count). The van der Waals surface area contributed by atoms with Crippen LogP contribution >= 0.6 is 0 Å². The van der Waals surface area contributed by atoms with Crippen molar-refractivity contribution in [3.05, 3.63) is 65.0 Å². The quantitative estimate of drug-likeness (QED) is 0.617. The summed E-state index contributed by atoms with van der Waals surface area (Å²) in [7, 11) is 0. The first-order valence-electron chi connectivity index (χ1n) is 8.25. The van der Waals surface area contributed by atoms with Crippen LogP contribution in [0.1, 0.15) is 42.3 Å². The number of halogens is 1. The number of aromatic hydroxyl groups is 1. The van der Waals surface area contributed by atoms with E-state index in [0.29, 0.717) is 18.7 Å². The average Bonchev–Trinajstić information content (AvgIpc) is 2.52. The maximum atomic E-state index is 13.5. The van der Waals surface area contributed by atoms with Gasteiger partial charge in [0.05, 0.1) is 5.56 Å². The van der Waals surface area contributed by atoms with Crippen molar-refractivity contribution in [1.82, 2.24) is 5.32 Å². The van der Waals surface area contributed by atoms with Crippen LogP contribution in [0.3, 0.4) is 0 Å². The molecule has 0 unspecified atom stereocenters. The van der Waals surface area contributed by atoms with Gasteiger partial charge in [-0.15, -0.1) is 0 Å². The second-order valence-electron chi connectivity index (χ2n) is 6.90.